The summed E-state index contributed by atoms with van der Waals surface area (Å²) in [6.45, 7) is 0. The predicted molar refractivity (Wildman–Crippen MR) is 69.2 cm³/mol. The van der Waals surface area contributed by atoms with Gasteiger partial charge in [-0.2, -0.15) is 0 Å². The minimum Gasteiger partial charge on any atom is -0.401 e. The van der Waals surface area contributed by atoms with Crippen LogP contribution in [-0.4, -0.2) is 11.9 Å². The van der Waals surface area contributed by atoms with E-state index < -0.39 is 0 Å². The first-order valence-corrected chi connectivity index (χ1v) is 6.69. The SMILES string of the molecule is O=C1OC(c2cccs2)=NC1=Cc1cccs1. The van der Waals surface area contributed by atoms with Crippen molar-refractivity contribution in [2.24, 2.45) is 4.99 Å². The first kappa shape index (κ1) is 10.4. The minimum atomic E-state index is -0.387. The number of thiophene rings is 2. The average molecular weight is 261 g/mol. The van der Waals surface area contributed by atoms with E-state index in [0.29, 0.717) is 11.6 Å². The van der Waals surface area contributed by atoms with Crippen LogP contribution in [0.5, 0.6) is 0 Å². The first-order chi connectivity index (χ1) is 8.33. The number of aliphatic imine (C=N–C) groups is 1. The number of hydrogen-bond donors (Lipinski definition) is 0. The van der Waals surface area contributed by atoms with Gasteiger partial charge in [0.1, 0.15) is 0 Å². The Labute approximate surface area is 106 Å². The molecule has 17 heavy (non-hydrogen) atoms. The van der Waals surface area contributed by atoms with Crippen molar-refractivity contribution in [3.05, 3.63) is 50.5 Å². The largest absolute Gasteiger partial charge is 0.401 e. The summed E-state index contributed by atoms with van der Waals surface area (Å²) in [7, 11) is 0. The van der Waals surface area contributed by atoms with Gasteiger partial charge in [-0.05, 0) is 29.0 Å². The molecule has 5 heteroatoms. The second-order valence-corrected chi connectivity index (χ2v) is 5.26. The Kier molecular flexibility index (Phi) is 2.62. The van der Waals surface area contributed by atoms with Crippen molar-refractivity contribution in [2.75, 3.05) is 0 Å². The third-order valence-electron chi connectivity index (χ3n) is 2.17. The fraction of sp³-hybridized carbons (Fsp3) is 0. The van der Waals surface area contributed by atoms with Gasteiger partial charge in [-0.15, -0.1) is 22.7 Å². The van der Waals surface area contributed by atoms with Gasteiger partial charge in [0.05, 0.1) is 4.88 Å². The maximum Gasteiger partial charge on any atom is 0.363 e. The number of carbonyl (C=O) groups is 1. The molecular weight excluding hydrogens is 254 g/mol. The van der Waals surface area contributed by atoms with Crippen molar-refractivity contribution in [3.8, 4) is 0 Å². The van der Waals surface area contributed by atoms with Crippen LogP contribution in [0.1, 0.15) is 9.75 Å². The van der Waals surface area contributed by atoms with Crippen molar-refractivity contribution in [1.82, 2.24) is 0 Å². The van der Waals surface area contributed by atoms with E-state index in [2.05, 4.69) is 4.99 Å². The average Bonchev–Trinajstić information content (AvgIpc) is 3.02. The lowest BCUT2D eigenvalue weighted by atomic mass is 10.3. The van der Waals surface area contributed by atoms with Gasteiger partial charge in [0.25, 0.3) is 0 Å². The molecular formula is C12H7NO2S2. The maximum absolute atomic E-state index is 11.6. The van der Waals surface area contributed by atoms with E-state index >= 15 is 0 Å². The second-order valence-electron chi connectivity index (χ2n) is 3.33. The molecule has 1 aliphatic rings. The van der Waals surface area contributed by atoms with Gasteiger partial charge in [-0.25, -0.2) is 9.79 Å². The van der Waals surface area contributed by atoms with Crippen LogP contribution < -0.4 is 0 Å². The Hall–Kier alpha value is -1.72. The Bertz CT molecular complexity index is 595. The second kappa shape index (κ2) is 4.27. The Morgan fingerprint density at radius 2 is 2.00 bits per heavy atom. The highest BCUT2D eigenvalue weighted by Gasteiger charge is 2.24. The summed E-state index contributed by atoms with van der Waals surface area (Å²) >= 11 is 3.06. The standard InChI is InChI=1S/C12H7NO2S2/c14-12-9(7-8-3-1-5-16-8)13-11(15-12)10-4-2-6-17-10/h1-7H. The molecule has 2 aromatic rings. The van der Waals surface area contributed by atoms with Crippen molar-refractivity contribution >= 4 is 40.6 Å². The van der Waals surface area contributed by atoms with E-state index in [0.717, 1.165) is 9.75 Å². The lowest BCUT2D eigenvalue weighted by Gasteiger charge is -1.92. The molecule has 0 aromatic carbocycles. The van der Waals surface area contributed by atoms with E-state index in [1.807, 2.05) is 35.0 Å². The number of esters is 1. The molecule has 3 nitrogen and oxygen atoms in total. The molecule has 0 radical (unpaired) electrons. The molecule has 0 saturated heterocycles. The highest BCUT2D eigenvalue weighted by atomic mass is 32.1. The molecule has 0 unspecified atom stereocenters. The third-order valence-corrected chi connectivity index (χ3v) is 3.85. The molecule has 2 aromatic heterocycles. The number of rotatable bonds is 2. The summed E-state index contributed by atoms with van der Waals surface area (Å²) < 4.78 is 5.12. The molecule has 0 saturated carbocycles. The van der Waals surface area contributed by atoms with Crippen LogP contribution in [0.3, 0.4) is 0 Å². The molecule has 0 spiro atoms. The minimum absolute atomic E-state index is 0.357. The monoisotopic (exact) mass is 261 g/mol. The molecule has 0 fully saturated rings. The Morgan fingerprint density at radius 1 is 1.18 bits per heavy atom. The summed E-state index contributed by atoms with van der Waals surface area (Å²) in [6.07, 6.45) is 1.74. The lowest BCUT2D eigenvalue weighted by molar-refractivity contribution is -0.129. The van der Waals surface area contributed by atoms with E-state index in [-0.39, 0.29) is 5.97 Å². The van der Waals surface area contributed by atoms with Gasteiger partial charge in [-0.1, -0.05) is 12.1 Å². The summed E-state index contributed by atoms with van der Waals surface area (Å²) in [6, 6.07) is 7.65. The van der Waals surface area contributed by atoms with Crippen molar-refractivity contribution in [3.63, 3.8) is 0 Å². The number of carbonyl (C=O) groups excluding carboxylic acids is 1. The molecule has 0 bridgehead atoms. The molecule has 0 aliphatic carbocycles. The van der Waals surface area contributed by atoms with Crippen LogP contribution in [0.25, 0.3) is 6.08 Å². The Balaban J connectivity index is 1.95. The highest BCUT2D eigenvalue weighted by molar-refractivity contribution is 7.12. The van der Waals surface area contributed by atoms with Gasteiger partial charge < -0.3 is 4.74 Å². The zero-order valence-electron chi connectivity index (χ0n) is 8.62. The molecule has 1 aliphatic heterocycles. The summed E-state index contributed by atoms with van der Waals surface area (Å²) in [5.41, 5.74) is 0.357. The van der Waals surface area contributed by atoms with E-state index in [1.54, 1.807) is 17.4 Å². The van der Waals surface area contributed by atoms with Crippen LogP contribution in [0.2, 0.25) is 0 Å². The van der Waals surface area contributed by atoms with Crippen LogP contribution in [0, 0.1) is 0 Å². The van der Waals surface area contributed by atoms with Crippen LogP contribution >= 0.6 is 22.7 Å². The quantitative estimate of drug-likeness (QED) is 0.615. The van der Waals surface area contributed by atoms with Crippen LogP contribution in [0.15, 0.2) is 45.7 Å². The molecule has 0 N–H and O–H groups in total. The molecule has 0 atom stereocenters. The number of hydrogen-bond acceptors (Lipinski definition) is 5. The van der Waals surface area contributed by atoms with E-state index in [1.165, 1.54) is 11.3 Å². The van der Waals surface area contributed by atoms with Gasteiger partial charge in [-0.3, -0.25) is 0 Å². The zero-order valence-corrected chi connectivity index (χ0v) is 10.3. The zero-order chi connectivity index (χ0) is 11.7. The maximum atomic E-state index is 11.6. The Morgan fingerprint density at radius 3 is 2.71 bits per heavy atom. The van der Waals surface area contributed by atoms with Crippen LogP contribution in [0.4, 0.5) is 0 Å². The highest BCUT2D eigenvalue weighted by Crippen LogP contribution is 2.22. The van der Waals surface area contributed by atoms with Gasteiger partial charge in [0.2, 0.25) is 5.90 Å². The predicted octanol–water partition coefficient (Wildman–Crippen LogP) is 3.15. The molecule has 3 rings (SSSR count). The summed E-state index contributed by atoms with van der Waals surface area (Å²) in [5, 5.41) is 3.88. The fourth-order valence-corrected chi connectivity index (χ4v) is 2.72. The van der Waals surface area contributed by atoms with Gasteiger partial charge in [0, 0.05) is 4.88 Å². The molecule has 3 heterocycles. The third kappa shape index (κ3) is 2.07. The van der Waals surface area contributed by atoms with Crippen molar-refractivity contribution in [1.29, 1.82) is 0 Å². The van der Waals surface area contributed by atoms with Gasteiger partial charge in [0.15, 0.2) is 5.70 Å². The van der Waals surface area contributed by atoms with Crippen molar-refractivity contribution < 1.29 is 9.53 Å². The van der Waals surface area contributed by atoms with Gasteiger partial charge >= 0.3 is 5.97 Å². The summed E-state index contributed by atoms with van der Waals surface area (Å²) in [4.78, 5) is 17.7. The number of ether oxygens (including phenoxy) is 1. The van der Waals surface area contributed by atoms with Crippen molar-refractivity contribution in [2.45, 2.75) is 0 Å². The summed E-state index contributed by atoms with van der Waals surface area (Å²) in [5.74, 6) is 0.00889. The van der Waals surface area contributed by atoms with E-state index in [9.17, 15) is 4.79 Å². The topological polar surface area (TPSA) is 38.7 Å². The number of nitrogens with zero attached hydrogens (tertiary/aromatic N) is 1. The first-order valence-electron chi connectivity index (χ1n) is 4.93. The number of cyclic esters (lactones) is 1. The lowest BCUT2D eigenvalue weighted by Crippen LogP contribution is -2.03. The van der Waals surface area contributed by atoms with Crippen LogP contribution in [-0.2, 0) is 9.53 Å². The fourth-order valence-electron chi connectivity index (χ4n) is 1.42. The smallest absolute Gasteiger partial charge is 0.363 e. The molecule has 84 valence electrons. The molecule has 0 amide bonds. The normalized spacial score (nSPS) is 17.3. The van der Waals surface area contributed by atoms with E-state index in [4.69, 9.17) is 4.74 Å².